The molecule has 0 heterocycles. The molecule has 1 aliphatic rings. The highest BCUT2D eigenvalue weighted by atomic mass is 14.4. The van der Waals surface area contributed by atoms with E-state index in [-0.39, 0.29) is 5.41 Å². The molecule has 0 aromatic heterocycles. The molecule has 1 unspecified atom stereocenters. The largest absolute Gasteiger partial charge is 0.115 e. The van der Waals surface area contributed by atoms with Gasteiger partial charge < -0.3 is 0 Å². The van der Waals surface area contributed by atoms with E-state index < -0.39 is 0 Å². The molecule has 0 radical (unpaired) electrons. The molecule has 0 heteroatoms. The van der Waals surface area contributed by atoms with E-state index in [1.807, 2.05) is 6.08 Å². The van der Waals surface area contributed by atoms with Gasteiger partial charge in [-0.15, -0.1) is 6.42 Å². The van der Waals surface area contributed by atoms with Crippen LogP contribution in [0, 0.1) is 23.7 Å². The van der Waals surface area contributed by atoms with Crippen molar-refractivity contribution in [3.63, 3.8) is 0 Å². The van der Waals surface area contributed by atoms with Crippen molar-refractivity contribution in [2.24, 2.45) is 11.3 Å². The topological polar surface area (TPSA) is 0 Å². The fourth-order valence-corrected chi connectivity index (χ4v) is 3.66. The van der Waals surface area contributed by atoms with Gasteiger partial charge in [-0.2, -0.15) is 0 Å². The van der Waals surface area contributed by atoms with Gasteiger partial charge in [-0.25, -0.2) is 0 Å². The van der Waals surface area contributed by atoms with Crippen LogP contribution in [-0.2, 0) is 0 Å². The number of hydrogen-bond donors (Lipinski definition) is 0. The number of terminal acetylenes is 1. The van der Waals surface area contributed by atoms with Crippen LogP contribution >= 0.6 is 0 Å². The van der Waals surface area contributed by atoms with E-state index in [0.717, 1.165) is 12.8 Å². The van der Waals surface area contributed by atoms with Gasteiger partial charge in [0.15, 0.2) is 0 Å². The van der Waals surface area contributed by atoms with Gasteiger partial charge in [-0.05, 0) is 75.9 Å². The Bertz CT molecular complexity index is 561. The third-order valence-electron chi connectivity index (χ3n) is 5.63. The molecule has 1 aliphatic carbocycles. The summed E-state index contributed by atoms with van der Waals surface area (Å²) in [6, 6.07) is 0. The second kappa shape index (κ2) is 9.73. The van der Waals surface area contributed by atoms with Crippen molar-refractivity contribution in [2.75, 3.05) is 0 Å². The van der Waals surface area contributed by atoms with E-state index in [1.165, 1.54) is 54.4 Å². The summed E-state index contributed by atoms with van der Waals surface area (Å²) in [6.07, 6.45) is 20.6. The molecule has 1 rings (SSSR count). The van der Waals surface area contributed by atoms with Crippen LogP contribution < -0.4 is 0 Å². The van der Waals surface area contributed by atoms with Crippen LogP contribution in [0.4, 0.5) is 0 Å². The first-order chi connectivity index (χ1) is 11.3. The summed E-state index contributed by atoms with van der Waals surface area (Å²) in [4.78, 5) is 0. The fourth-order valence-electron chi connectivity index (χ4n) is 3.66. The highest BCUT2D eigenvalue weighted by Gasteiger charge is 2.35. The summed E-state index contributed by atoms with van der Waals surface area (Å²) in [7, 11) is 0. The molecule has 0 saturated heterocycles. The van der Waals surface area contributed by atoms with Crippen LogP contribution in [0.1, 0.15) is 79.6 Å². The Morgan fingerprint density at radius 1 is 1.42 bits per heavy atom. The van der Waals surface area contributed by atoms with E-state index >= 15 is 0 Å². The zero-order valence-electron chi connectivity index (χ0n) is 16.5. The summed E-state index contributed by atoms with van der Waals surface area (Å²) in [5, 5.41) is 0. The molecule has 0 saturated carbocycles. The molecular formula is C24H36. The maximum absolute atomic E-state index is 5.52. The number of rotatable bonds is 8. The first kappa shape index (κ1) is 20.6. The van der Waals surface area contributed by atoms with Gasteiger partial charge in [0, 0.05) is 0 Å². The molecule has 132 valence electrons. The minimum Gasteiger partial charge on any atom is -0.115 e. The predicted octanol–water partition coefficient (Wildman–Crippen LogP) is 7.40. The molecule has 0 bridgehead atoms. The van der Waals surface area contributed by atoms with Crippen molar-refractivity contribution >= 4 is 0 Å². The van der Waals surface area contributed by atoms with E-state index in [1.54, 1.807) is 0 Å². The quantitative estimate of drug-likeness (QED) is 0.189. The summed E-state index contributed by atoms with van der Waals surface area (Å²) in [5.41, 5.74) is 5.78. The predicted molar refractivity (Wildman–Crippen MR) is 109 cm³/mol. The minimum absolute atomic E-state index is 0.215. The summed E-state index contributed by atoms with van der Waals surface area (Å²) < 4.78 is 0. The maximum atomic E-state index is 5.52. The molecule has 2 atom stereocenters. The molecule has 0 aliphatic heterocycles. The van der Waals surface area contributed by atoms with Crippen LogP contribution in [0.3, 0.4) is 0 Å². The Hall–Kier alpha value is -1.48. The van der Waals surface area contributed by atoms with Crippen molar-refractivity contribution in [1.29, 1.82) is 0 Å². The van der Waals surface area contributed by atoms with E-state index in [0.29, 0.717) is 5.92 Å². The Morgan fingerprint density at radius 2 is 2.12 bits per heavy atom. The fraction of sp³-hybridized carbons (Fsp3) is 0.583. The molecule has 0 nitrogen and oxygen atoms in total. The standard InChI is InChI=1S/C24H36/c1-8-10-11-13-22(12-9-2)16-21(6)18-23-17-20(5)14-15-24(23,7)19(3)4/h2,12,16-17,23H,3,8,10-11,13-15,18H2,1,4-7H3/b21-16-,22-12-/t23-,24?/m0/s1. The smallest absolute Gasteiger partial charge is 0.00529 e. The second-order valence-electron chi connectivity index (χ2n) is 7.86. The lowest BCUT2D eigenvalue weighted by Gasteiger charge is -2.41. The number of allylic oxidation sites excluding steroid dienone is 7. The highest BCUT2D eigenvalue weighted by molar-refractivity contribution is 5.31. The van der Waals surface area contributed by atoms with Gasteiger partial charge in [-0.3, -0.25) is 0 Å². The van der Waals surface area contributed by atoms with Crippen molar-refractivity contribution in [1.82, 2.24) is 0 Å². The lowest BCUT2D eigenvalue weighted by Crippen LogP contribution is -2.30. The third-order valence-corrected chi connectivity index (χ3v) is 5.63. The lowest BCUT2D eigenvalue weighted by molar-refractivity contribution is 0.247. The molecular weight excluding hydrogens is 288 g/mol. The molecule has 0 fully saturated rings. The maximum Gasteiger partial charge on any atom is -0.00529 e. The Kier molecular flexibility index (Phi) is 8.34. The lowest BCUT2D eigenvalue weighted by atomic mass is 9.63. The van der Waals surface area contributed by atoms with Crippen LogP contribution in [0.2, 0.25) is 0 Å². The zero-order chi connectivity index (χ0) is 18.2. The van der Waals surface area contributed by atoms with Crippen molar-refractivity contribution in [3.8, 4) is 12.3 Å². The molecule has 0 spiro atoms. The van der Waals surface area contributed by atoms with Crippen LogP contribution in [0.5, 0.6) is 0 Å². The van der Waals surface area contributed by atoms with Gasteiger partial charge in [0.05, 0.1) is 0 Å². The zero-order valence-corrected chi connectivity index (χ0v) is 16.5. The normalized spacial score (nSPS) is 25.2. The SMILES string of the molecule is C#C/C=C(\C=C(\C)C[C@@H]1C=C(C)CCC1(C)C(=C)C)CCCCC. The first-order valence-corrected chi connectivity index (χ1v) is 9.49. The first-order valence-electron chi connectivity index (χ1n) is 9.49. The third kappa shape index (κ3) is 5.86. The Labute approximate surface area is 150 Å². The monoisotopic (exact) mass is 324 g/mol. The van der Waals surface area contributed by atoms with E-state index in [2.05, 4.69) is 59.3 Å². The van der Waals surface area contributed by atoms with E-state index in [9.17, 15) is 0 Å². The number of hydrogen-bond acceptors (Lipinski definition) is 0. The van der Waals surface area contributed by atoms with Crippen LogP contribution in [0.15, 0.2) is 47.1 Å². The van der Waals surface area contributed by atoms with Crippen molar-refractivity contribution in [2.45, 2.75) is 79.6 Å². The summed E-state index contributed by atoms with van der Waals surface area (Å²) in [6.45, 7) is 15.6. The average molecular weight is 325 g/mol. The molecule has 0 amide bonds. The second-order valence-corrected chi connectivity index (χ2v) is 7.86. The molecule has 0 aromatic carbocycles. The molecule has 24 heavy (non-hydrogen) atoms. The van der Waals surface area contributed by atoms with Crippen LogP contribution in [-0.4, -0.2) is 0 Å². The van der Waals surface area contributed by atoms with Gasteiger partial charge >= 0.3 is 0 Å². The molecule has 0 N–H and O–H groups in total. The van der Waals surface area contributed by atoms with Gasteiger partial charge in [-0.1, -0.05) is 68.1 Å². The Morgan fingerprint density at radius 3 is 2.71 bits per heavy atom. The summed E-state index contributed by atoms with van der Waals surface area (Å²) >= 11 is 0. The molecule has 0 aromatic rings. The number of unbranched alkanes of at least 4 members (excludes halogenated alkanes) is 2. The summed E-state index contributed by atoms with van der Waals surface area (Å²) in [5.74, 6) is 3.26. The minimum atomic E-state index is 0.215. The van der Waals surface area contributed by atoms with Crippen molar-refractivity contribution in [3.05, 3.63) is 47.1 Å². The van der Waals surface area contributed by atoms with Crippen molar-refractivity contribution < 1.29 is 0 Å². The average Bonchev–Trinajstić information content (AvgIpc) is 2.51. The highest BCUT2D eigenvalue weighted by Crippen LogP contribution is 2.47. The van der Waals surface area contributed by atoms with E-state index in [4.69, 9.17) is 6.42 Å². The van der Waals surface area contributed by atoms with Gasteiger partial charge in [0.1, 0.15) is 0 Å². The Balaban J connectivity index is 2.91. The van der Waals surface area contributed by atoms with Crippen LogP contribution in [0.25, 0.3) is 0 Å². The van der Waals surface area contributed by atoms with Gasteiger partial charge in [0.2, 0.25) is 0 Å². The van der Waals surface area contributed by atoms with Gasteiger partial charge in [0.25, 0.3) is 0 Å².